The van der Waals surface area contributed by atoms with Crippen LogP contribution < -0.4 is 4.74 Å². The third kappa shape index (κ3) is 4.10. The summed E-state index contributed by atoms with van der Waals surface area (Å²) < 4.78 is 7.30. The highest BCUT2D eigenvalue weighted by Gasteiger charge is 2.08. The molecule has 0 saturated carbocycles. The summed E-state index contributed by atoms with van der Waals surface area (Å²) in [6.45, 7) is 1.99. The Kier molecular flexibility index (Phi) is 5.20. The molecule has 25 heavy (non-hydrogen) atoms. The quantitative estimate of drug-likeness (QED) is 0.542. The van der Waals surface area contributed by atoms with Crippen LogP contribution in [0.15, 0.2) is 65.3 Å². The lowest BCUT2D eigenvalue weighted by Crippen LogP contribution is -1.95. The normalized spacial score (nSPS) is 11.8. The van der Waals surface area contributed by atoms with Crippen molar-refractivity contribution < 1.29 is 4.74 Å². The van der Waals surface area contributed by atoms with Crippen molar-refractivity contribution in [3.63, 3.8) is 0 Å². The summed E-state index contributed by atoms with van der Waals surface area (Å²) in [5.41, 5.74) is 3.00. The van der Waals surface area contributed by atoms with E-state index >= 15 is 0 Å². The van der Waals surface area contributed by atoms with Gasteiger partial charge in [0.2, 0.25) is 4.77 Å². The minimum Gasteiger partial charge on any atom is -0.497 e. The van der Waals surface area contributed by atoms with Gasteiger partial charge in [-0.05, 0) is 42.4 Å². The SMILES string of the molecule is COc1cccc(-c2n[nH]c(=S)n2N=CC(C)=Cc2ccccc2)c1. The number of allylic oxidation sites excluding steroid dienone is 1. The van der Waals surface area contributed by atoms with E-state index < -0.39 is 0 Å². The average molecular weight is 350 g/mol. The van der Waals surface area contributed by atoms with Crippen molar-refractivity contribution in [2.75, 3.05) is 7.11 Å². The molecule has 1 heterocycles. The Balaban J connectivity index is 1.92. The zero-order chi connectivity index (χ0) is 17.6. The van der Waals surface area contributed by atoms with Gasteiger partial charge in [-0.2, -0.15) is 14.9 Å². The second-order valence-electron chi connectivity index (χ2n) is 5.44. The lowest BCUT2D eigenvalue weighted by atomic mass is 10.1. The van der Waals surface area contributed by atoms with Crippen molar-refractivity contribution in [1.29, 1.82) is 0 Å². The van der Waals surface area contributed by atoms with Gasteiger partial charge in [0.1, 0.15) is 5.75 Å². The predicted molar refractivity (Wildman–Crippen MR) is 103 cm³/mol. The van der Waals surface area contributed by atoms with Crippen molar-refractivity contribution in [2.24, 2.45) is 5.10 Å². The largest absolute Gasteiger partial charge is 0.497 e. The first-order valence-electron chi connectivity index (χ1n) is 7.77. The molecule has 0 bridgehead atoms. The highest BCUT2D eigenvalue weighted by atomic mass is 32.1. The van der Waals surface area contributed by atoms with Gasteiger partial charge in [0, 0.05) is 5.56 Å². The number of hydrogen-bond acceptors (Lipinski definition) is 4. The first-order chi connectivity index (χ1) is 12.2. The lowest BCUT2D eigenvalue weighted by Gasteiger charge is -2.04. The highest BCUT2D eigenvalue weighted by Crippen LogP contribution is 2.22. The van der Waals surface area contributed by atoms with E-state index in [0.29, 0.717) is 10.6 Å². The molecule has 2 aromatic carbocycles. The van der Waals surface area contributed by atoms with E-state index in [1.807, 2.05) is 61.5 Å². The third-order valence-corrected chi connectivity index (χ3v) is 3.81. The van der Waals surface area contributed by atoms with E-state index in [1.54, 1.807) is 18.0 Å². The molecule has 0 saturated heterocycles. The molecule has 3 aromatic rings. The van der Waals surface area contributed by atoms with Crippen LogP contribution in [0.3, 0.4) is 0 Å². The highest BCUT2D eigenvalue weighted by molar-refractivity contribution is 7.71. The van der Waals surface area contributed by atoms with Gasteiger partial charge < -0.3 is 4.74 Å². The van der Waals surface area contributed by atoms with E-state index in [0.717, 1.165) is 22.4 Å². The van der Waals surface area contributed by atoms with E-state index in [1.165, 1.54) is 0 Å². The molecular weight excluding hydrogens is 332 g/mol. The van der Waals surface area contributed by atoms with Crippen molar-refractivity contribution >= 4 is 24.5 Å². The van der Waals surface area contributed by atoms with E-state index in [2.05, 4.69) is 21.4 Å². The van der Waals surface area contributed by atoms with Crippen molar-refractivity contribution in [3.8, 4) is 17.1 Å². The van der Waals surface area contributed by atoms with Crippen LogP contribution >= 0.6 is 12.2 Å². The first kappa shape index (κ1) is 16.9. The zero-order valence-corrected chi connectivity index (χ0v) is 14.8. The number of ether oxygens (including phenoxy) is 1. The smallest absolute Gasteiger partial charge is 0.216 e. The van der Waals surface area contributed by atoms with E-state index in [-0.39, 0.29) is 0 Å². The maximum Gasteiger partial charge on any atom is 0.216 e. The van der Waals surface area contributed by atoms with Crippen LogP contribution in [-0.2, 0) is 0 Å². The Morgan fingerprint density at radius 1 is 1.20 bits per heavy atom. The van der Waals surface area contributed by atoms with Crippen LogP contribution in [0.2, 0.25) is 0 Å². The average Bonchev–Trinajstić information content (AvgIpc) is 3.01. The predicted octanol–water partition coefficient (Wildman–Crippen LogP) is 4.55. The fourth-order valence-electron chi connectivity index (χ4n) is 2.35. The summed E-state index contributed by atoms with van der Waals surface area (Å²) >= 11 is 5.30. The fourth-order valence-corrected chi connectivity index (χ4v) is 2.53. The van der Waals surface area contributed by atoms with E-state index in [9.17, 15) is 0 Å². The Bertz CT molecular complexity index is 970. The molecule has 3 rings (SSSR count). The topological polar surface area (TPSA) is 55.2 Å². The number of nitrogens with zero attached hydrogens (tertiary/aromatic N) is 3. The Labute approximate surface area is 151 Å². The minimum atomic E-state index is 0.432. The number of H-pyrrole nitrogens is 1. The molecule has 126 valence electrons. The molecule has 1 aromatic heterocycles. The van der Waals surface area contributed by atoms with Gasteiger partial charge in [-0.3, -0.25) is 0 Å². The van der Waals surface area contributed by atoms with Crippen molar-refractivity contribution in [3.05, 3.63) is 70.5 Å². The summed E-state index contributed by atoms with van der Waals surface area (Å²) in [4.78, 5) is 0. The van der Waals surface area contributed by atoms with Gasteiger partial charge in [-0.25, -0.2) is 5.10 Å². The van der Waals surface area contributed by atoms with Crippen LogP contribution in [0.4, 0.5) is 0 Å². The first-order valence-corrected chi connectivity index (χ1v) is 8.18. The molecular formula is C19H18N4OS. The van der Waals surface area contributed by atoms with Crippen LogP contribution in [0.25, 0.3) is 17.5 Å². The molecule has 0 unspecified atom stereocenters. The fraction of sp³-hybridized carbons (Fsp3) is 0.105. The van der Waals surface area contributed by atoms with Crippen molar-refractivity contribution in [2.45, 2.75) is 6.92 Å². The van der Waals surface area contributed by atoms with Gasteiger partial charge in [-0.15, -0.1) is 0 Å². The number of nitrogens with one attached hydrogen (secondary N) is 1. The molecule has 6 heteroatoms. The molecule has 0 aliphatic rings. The van der Waals surface area contributed by atoms with Gasteiger partial charge in [0.15, 0.2) is 5.82 Å². The van der Waals surface area contributed by atoms with Crippen LogP contribution in [0, 0.1) is 4.77 Å². The summed E-state index contributed by atoms with van der Waals surface area (Å²) in [6, 6.07) is 17.7. The monoisotopic (exact) mass is 350 g/mol. The Morgan fingerprint density at radius 2 is 2.00 bits per heavy atom. The number of aromatic nitrogens is 3. The number of rotatable bonds is 5. The molecule has 0 spiro atoms. The second kappa shape index (κ2) is 7.72. The van der Waals surface area contributed by atoms with Crippen LogP contribution in [-0.4, -0.2) is 28.2 Å². The van der Waals surface area contributed by atoms with Gasteiger partial charge in [-0.1, -0.05) is 48.5 Å². The number of benzene rings is 2. The molecule has 0 amide bonds. The second-order valence-corrected chi connectivity index (χ2v) is 5.83. The molecule has 0 aliphatic carbocycles. The summed E-state index contributed by atoms with van der Waals surface area (Å²) in [5, 5.41) is 11.5. The minimum absolute atomic E-state index is 0.432. The maximum absolute atomic E-state index is 5.30. The summed E-state index contributed by atoms with van der Waals surface area (Å²) in [5.74, 6) is 1.38. The molecule has 5 nitrogen and oxygen atoms in total. The molecule has 0 fully saturated rings. The lowest BCUT2D eigenvalue weighted by molar-refractivity contribution is 0.415. The van der Waals surface area contributed by atoms with Crippen LogP contribution in [0.5, 0.6) is 5.75 Å². The molecule has 1 N–H and O–H groups in total. The standard InChI is InChI=1S/C19H18N4OS/c1-14(11-15-7-4-3-5-8-15)13-20-23-18(21-22-19(23)25)16-9-6-10-17(12-16)24-2/h3-13H,1-2H3,(H,22,25). The van der Waals surface area contributed by atoms with Gasteiger partial charge >= 0.3 is 0 Å². The summed E-state index contributed by atoms with van der Waals surface area (Å²) in [7, 11) is 1.63. The number of methoxy groups -OCH3 is 1. The van der Waals surface area contributed by atoms with Crippen LogP contribution in [0.1, 0.15) is 12.5 Å². The number of hydrogen-bond donors (Lipinski definition) is 1. The zero-order valence-electron chi connectivity index (χ0n) is 14.0. The third-order valence-electron chi connectivity index (χ3n) is 3.55. The molecule has 0 aliphatic heterocycles. The molecule has 0 radical (unpaired) electrons. The van der Waals surface area contributed by atoms with E-state index in [4.69, 9.17) is 17.0 Å². The summed E-state index contributed by atoms with van der Waals surface area (Å²) in [6.07, 6.45) is 3.82. The maximum atomic E-state index is 5.30. The van der Waals surface area contributed by atoms with Gasteiger partial charge in [0.25, 0.3) is 0 Å². The Hall–Kier alpha value is -2.99. The molecule has 0 atom stereocenters. The van der Waals surface area contributed by atoms with Crippen molar-refractivity contribution in [1.82, 2.24) is 14.9 Å². The number of aromatic amines is 1. The van der Waals surface area contributed by atoms with Gasteiger partial charge in [0.05, 0.1) is 13.3 Å². The Morgan fingerprint density at radius 3 is 2.76 bits per heavy atom.